The number of hydrogen-bond acceptors (Lipinski definition) is 3. The summed E-state index contributed by atoms with van der Waals surface area (Å²) in [6.07, 6.45) is 0. The molecule has 1 aromatic heterocycles. The number of nitrogens with two attached hydrogens (primary N) is 1. The van der Waals surface area contributed by atoms with Crippen LogP contribution in [0.2, 0.25) is 0 Å². The highest BCUT2D eigenvalue weighted by Gasteiger charge is 2.03. The Balaban J connectivity index is 2.69. The first-order chi connectivity index (χ1) is 6.63. The molecule has 5 nitrogen and oxygen atoms in total. The molecule has 0 radical (unpaired) electrons. The van der Waals surface area contributed by atoms with Crippen molar-refractivity contribution in [3.05, 3.63) is 29.6 Å². The highest BCUT2D eigenvalue weighted by molar-refractivity contribution is 5.76. The summed E-state index contributed by atoms with van der Waals surface area (Å²) >= 11 is 0. The fourth-order valence-corrected chi connectivity index (χ4v) is 1.09. The summed E-state index contributed by atoms with van der Waals surface area (Å²) in [7, 11) is 1.74. The van der Waals surface area contributed by atoms with E-state index >= 15 is 0 Å². The Morgan fingerprint density at radius 2 is 2.36 bits per heavy atom. The van der Waals surface area contributed by atoms with Crippen LogP contribution in [0.15, 0.2) is 23.4 Å². The fraction of sp³-hybridized carbons (Fsp3) is 0.333. The van der Waals surface area contributed by atoms with Gasteiger partial charge in [0.2, 0.25) is 5.96 Å². The number of rotatable bonds is 2. The Morgan fingerprint density at radius 1 is 1.64 bits per heavy atom. The summed E-state index contributed by atoms with van der Waals surface area (Å²) in [6.45, 7) is 2.45. The standard InChI is InChI=1S/C9H14N4O/c1-7-4-3-5-8(11-7)6-13(2)9(10)12-14/h3-5,14H,6H2,1-2H3,(H2,10,12). The summed E-state index contributed by atoms with van der Waals surface area (Å²) in [5.41, 5.74) is 7.24. The molecule has 0 amide bonds. The van der Waals surface area contributed by atoms with Gasteiger partial charge in [0.15, 0.2) is 0 Å². The largest absolute Gasteiger partial charge is 0.408 e. The summed E-state index contributed by atoms with van der Waals surface area (Å²) in [5, 5.41) is 11.3. The summed E-state index contributed by atoms with van der Waals surface area (Å²) in [4.78, 5) is 5.91. The molecule has 76 valence electrons. The first-order valence-electron chi connectivity index (χ1n) is 4.24. The predicted molar refractivity (Wildman–Crippen MR) is 53.8 cm³/mol. The van der Waals surface area contributed by atoms with Crippen LogP contribution in [0.25, 0.3) is 0 Å². The Labute approximate surface area is 82.9 Å². The predicted octanol–water partition coefficient (Wildman–Crippen LogP) is 0.526. The summed E-state index contributed by atoms with van der Waals surface area (Å²) in [6, 6.07) is 5.75. The lowest BCUT2D eigenvalue weighted by Crippen LogP contribution is -2.33. The third-order valence-corrected chi connectivity index (χ3v) is 1.84. The monoisotopic (exact) mass is 194 g/mol. The number of nitrogens with zero attached hydrogens (tertiary/aromatic N) is 3. The lowest BCUT2D eigenvalue weighted by molar-refractivity contribution is 0.303. The molecule has 14 heavy (non-hydrogen) atoms. The van der Waals surface area contributed by atoms with Crippen LogP contribution in [-0.2, 0) is 6.54 Å². The Hall–Kier alpha value is -1.78. The molecule has 0 unspecified atom stereocenters. The Kier molecular flexibility index (Phi) is 3.28. The van der Waals surface area contributed by atoms with Gasteiger partial charge in [0.05, 0.1) is 12.2 Å². The van der Waals surface area contributed by atoms with Crippen LogP contribution in [0.5, 0.6) is 0 Å². The molecule has 0 aliphatic rings. The normalized spacial score (nSPS) is 11.4. The molecular formula is C9H14N4O. The van der Waals surface area contributed by atoms with Gasteiger partial charge in [-0.05, 0) is 19.1 Å². The van der Waals surface area contributed by atoms with E-state index in [2.05, 4.69) is 10.1 Å². The van der Waals surface area contributed by atoms with Gasteiger partial charge in [-0.3, -0.25) is 4.98 Å². The molecule has 0 spiro atoms. The summed E-state index contributed by atoms with van der Waals surface area (Å²) < 4.78 is 0. The summed E-state index contributed by atoms with van der Waals surface area (Å²) in [5.74, 6) is 0.0771. The van der Waals surface area contributed by atoms with Crippen molar-refractivity contribution in [3.63, 3.8) is 0 Å². The fourth-order valence-electron chi connectivity index (χ4n) is 1.09. The van der Waals surface area contributed by atoms with Crippen molar-refractivity contribution in [2.45, 2.75) is 13.5 Å². The lowest BCUT2D eigenvalue weighted by atomic mass is 10.3. The van der Waals surface area contributed by atoms with E-state index in [1.807, 2.05) is 25.1 Å². The number of guanidine groups is 1. The third kappa shape index (κ3) is 2.62. The van der Waals surface area contributed by atoms with Gasteiger partial charge in [-0.15, -0.1) is 0 Å². The van der Waals surface area contributed by atoms with Crippen molar-refractivity contribution < 1.29 is 5.21 Å². The topological polar surface area (TPSA) is 74.7 Å². The van der Waals surface area contributed by atoms with Gasteiger partial charge in [0.25, 0.3) is 0 Å². The molecule has 0 saturated heterocycles. The van der Waals surface area contributed by atoms with Gasteiger partial charge in [-0.1, -0.05) is 11.2 Å². The molecule has 5 heteroatoms. The van der Waals surface area contributed by atoms with Gasteiger partial charge in [-0.25, -0.2) is 0 Å². The van der Waals surface area contributed by atoms with Crippen molar-refractivity contribution in [3.8, 4) is 0 Å². The smallest absolute Gasteiger partial charge is 0.233 e. The van der Waals surface area contributed by atoms with Crippen LogP contribution in [0, 0.1) is 6.92 Å². The first kappa shape index (κ1) is 10.3. The molecule has 0 fully saturated rings. The van der Waals surface area contributed by atoms with E-state index in [0.29, 0.717) is 6.54 Å². The molecule has 1 heterocycles. The highest BCUT2D eigenvalue weighted by atomic mass is 16.4. The number of aryl methyl sites for hydroxylation is 1. The maximum atomic E-state index is 8.44. The second-order valence-corrected chi connectivity index (χ2v) is 3.08. The van der Waals surface area contributed by atoms with Crippen LogP contribution in [0.4, 0.5) is 0 Å². The molecule has 1 aromatic rings. The van der Waals surface area contributed by atoms with Gasteiger partial charge >= 0.3 is 0 Å². The van der Waals surface area contributed by atoms with Gasteiger partial charge in [0.1, 0.15) is 0 Å². The highest BCUT2D eigenvalue weighted by Crippen LogP contribution is 2.01. The molecule has 0 bridgehead atoms. The van der Waals surface area contributed by atoms with Crippen LogP contribution < -0.4 is 5.73 Å². The van der Waals surface area contributed by atoms with Crippen LogP contribution >= 0.6 is 0 Å². The SMILES string of the molecule is Cc1cccc(CN(C)/C(N)=N/O)n1. The van der Waals surface area contributed by atoms with Gasteiger partial charge in [-0.2, -0.15) is 0 Å². The minimum absolute atomic E-state index is 0.0771. The van der Waals surface area contributed by atoms with Crippen molar-refractivity contribution in [2.75, 3.05) is 7.05 Å². The van der Waals surface area contributed by atoms with Crippen molar-refractivity contribution >= 4 is 5.96 Å². The Bertz CT molecular complexity index is 337. The zero-order valence-electron chi connectivity index (χ0n) is 8.31. The molecule has 3 N–H and O–H groups in total. The first-order valence-corrected chi connectivity index (χ1v) is 4.24. The van der Waals surface area contributed by atoms with E-state index in [1.165, 1.54) is 0 Å². The zero-order valence-corrected chi connectivity index (χ0v) is 8.31. The van der Waals surface area contributed by atoms with Crippen molar-refractivity contribution in [1.82, 2.24) is 9.88 Å². The zero-order chi connectivity index (χ0) is 10.6. The van der Waals surface area contributed by atoms with E-state index < -0.39 is 0 Å². The molecule has 0 aromatic carbocycles. The molecular weight excluding hydrogens is 180 g/mol. The molecule has 0 atom stereocenters. The van der Waals surface area contributed by atoms with Gasteiger partial charge < -0.3 is 15.8 Å². The lowest BCUT2D eigenvalue weighted by Gasteiger charge is -2.15. The quantitative estimate of drug-likeness (QED) is 0.311. The maximum Gasteiger partial charge on any atom is 0.233 e. The van der Waals surface area contributed by atoms with Crippen molar-refractivity contribution in [1.29, 1.82) is 0 Å². The second-order valence-electron chi connectivity index (χ2n) is 3.08. The molecule has 0 aliphatic heterocycles. The minimum Gasteiger partial charge on any atom is -0.408 e. The van der Waals surface area contributed by atoms with Crippen LogP contribution in [-0.4, -0.2) is 28.1 Å². The average Bonchev–Trinajstić information content (AvgIpc) is 2.16. The molecule has 1 rings (SSSR count). The van der Waals surface area contributed by atoms with Gasteiger partial charge in [0, 0.05) is 12.7 Å². The maximum absolute atomic E-state index is 8.44. The van der Waals surface area contributed by atoms with Crippen LogP contribution in [0.3, 0.4) is 0 Å². The van der Waals surface area contributed by atoms with E-state index in [4.69, 9.17) is 10.9 Å². The molecule has 0 saturated carbocycles. The Morgan fingerprint density at radius 3 is 2.93 bits per heavy atom. The van der Waals surface area contributed by atoms with E-state index in [9.17, 15) is 0 Å². The van der Waals surface area contributed by atoms with E-state index in [1.54, 1.807) is 11.9 Å². The third-order valence-electron chi connectivity index (χ3n) is 1.84. The molecule has 0 aliphatic carbocycles. The number of aromatic nitrogens is 1. The van der Waals surface area contributed by atoms with Crippen molar-refractivity contribution in [2.24, 2.45) is 10.9 Å². The number of hydrogen-bond donors (Lipinski definition) is 2. The minimum atomic E-state index is 0.0771. The number of oxime groups is 1. The number of pyridine rings is 1. The average molecular weight is 194 g/mol. The second kappa shape index (κ2) is 4.45. The van der Waals surface area contributed by atoms with E-state index in [-0.39, 0.29) is 5.96 Å². The van der Waals surface area contributed by atoms with Crippen LogP contribution in [0.1, 0.15) is 11.4 Å². The van der Waals surface area contributed by atoms with E-state index in [0.717, 1.165) is 11.4 Å².